The average Bonchev–Trinajstić information content (AvgIpc) is 2.94. The first kappa shape index (κ1) is 24.0. The van der Waals surface area contributed by atoms with E-state index in [0.717, 1.165) is 33.8 Å². The second-order valence-electron chi connectivity index (χ2n) is 8.81. The van der Waals surface area contributed by atoms with E-state index in [1.54, 1.807) is 0 Å². The number of halogens is 2. The van der Waals surface area contributed by atoms with Crippen molar-refractivity contribution in [2.24, 2.45) is 0 Å². The van der Waals surface area contributed by atoms with Crippen LogP contribution in [0.3, 0.4) is 0 Å². The Hall–Kier alpha value is -3.38. The lowest BCUT2D eigenvalue weighted by molar-refractivity contribution is 0.0302. The summed E-state index contributed by atoms with van der Waals surface area (Å²) in [4.78, 5) is 0. The SMILES string of the molecule is Clc1ccc([C@@H](O[C@H](c2ccc(Cl)cc2)c2ccc3c(c2)OCCO3)c2ccc3c(c2)OCCO3)cc1. The molecule has 0 bridgehead atoms. The fraction of sp³-hybridized carbons (Fsp3) is 0.200. The highest BCUT2D eigenvalue weighted by molar-refractivity contribution is 6.30. The second kappa shape index (κ2) is 10.5. The van der Waals surface area contributed by atoms with Gasteiger partial charge in [0.2, 0.25) is 0 Å². The van der Waals surface area contributed by atoms with Crippen molar-refractivity contribution in [3.8, 4) is 23.0 Å². The van der Waals surface area contributed by atoms with Gasteiger partial charge in [-0.15, -0.1) is 0 Å². The van der Waals surface area contributed by atoms with Gasteiger partial charge in [-0.25, -0.2) is 0 Å². The molecular formula is C30H24Cl2O5. The molecule has 2 heterocycles. The smallest absolute Gasteiger partial charge is 0.161 e. The van der Waals surface area contributed by atoms with E-state index < -0.39 is 12.2 Å². The molecule has 4 aromatic carbocycles. The van der Waals surface area contributed by atoms with Crippen molar-refractivity contribution in [2.75, 3.05) is 26.4 Å². The third-order valence-electron chi connectivity index (χ3n) is 6.36. The maximum atomic E-state index is 6.98. The molecule has 0 aromatic heterocycles. The number of benzene rings is 4. The lowest BCUT2D eigenvalue weighted by Crippen LogP contribution is -2.18. The second-order valence-corrected chi connectivity index (χ2v) is 9.68. The first-order valence-corrected chi connectivity index (χ1v) is 12.8. The Balaban J connectivity index is 1.44. The minimum atomic E-state index is -0.429. The summed E-state index contributed by atoms with van der Waals surface area (Å²) in [6, 6.07) is 27.2. The fourth-order valence-electron chi connectivity index (χ4n) is 4.56. The van der Waals surface area contributed by atoms with Crippen molar-refractivity contribution in [1.29, 1.82) is 0 Å². The van der Waals surface area contributed by atoms with E-state index >= 15 is 0 Å². The number of hydrogen-bond donors (Lipinski definition) is 0. The normalized spacial score (nSPS) is 15.6. The van der Waals surface area contributed by atoms with Crippen LogP contribution < -0.4 is 18.9 Å². The molecule has 0 saturated heterocycles. The summed E-state index contributed by atoms with van der Waals surface area (Å²) in [5.41, 5.74) is 3.78. The van der Waals surface area contributed by atoms with Gasteiger partial charge < -0.3 is 23.7 Å². The van der Waals surface area contributed by atoms with Gasteiger partial charge in [0.15, 0.2) is 23.0 Å². The predicted molar refractivity (Wildman–Crippen MR) is 143 cm³/mol. The van der Waals surface area contributed by atoms with Gasteiger partial charge in [0.05, 0.1) is 0 Å². The summed E-state index contributed by atoms with van der Waals surface area (Å²) < 4.78 is 30.2. The van der Waals surface area contributed by atoms with E-state index in [0.29, 0.717) is 48.0 Å². The van der Waals surface area contributed by atoms with Crippen LogP contribution in [0.2, 0.25) is 10.0 Å². The van der Waals surface area contributed by atoms with Crippen LogP contribution in [0.1, 0.15) is 34.5 Å². The molecule has 2 aliphatic heterocycles. The first-order chi connectivity index (χ1) is 18.1. The largest absolute Gasteiger partial charge is 0.486 e. The summed E-state index contributed by atoms with van der Waals surface area (Å²) in [7, 11) is 0. The van der Waals surface area contributed by atoms with Gasteiger partial charge in [0.25, 0.3) is 0 Å². The van der Waals surface area contributed by atoms with Crippen molar-refractivity contribution in [1.82, 2.24) is 0 Å². The first-order valence-electron chi connectivity index (χ1n) is 12.1. The van der Waals surface area contributed by atoms with Crippen molar-refractivity contribution in [3.05, 3.63) is 117 Å². The standard InChI is InChI=1S/C30H24Cl2O5/c31-23-7-1-19(2-8-23)29(21-5-11-25-27(17-21)35-15-13-33-25)37-30(20-3-9-24(32)10-4-20)22-6-12-26-28(18-22)36-16-14-34-26/h1-12,17-18,29-30H,13-16H2/t29-,30-/m1/s1. The Kier molecular flexibility index (Phi) is 6.83. The Morgan fingerprint density at radius 2 is 0.811 bits per heavy atom. The molecule has 0 amide bonds. The van der Waals surface area contributed by atoms with E-state index in [1.807, 2.05) is 84.9 Å². The van der Waals surface area contributed by atoms with Crippen LogP contribution in [0.5, 0.6) is 23.0 Å². The summed E-state index contributed by atoms with van der Waals surface area (Å²) in [5, 5.41) is 1.32. The van der Waals surface area contributed by atoms with Gasteiger partial charge in [-0.05, 0) is 70.8 Å². The zero-order valence-corrected chi connectivity index (χ0v) is 21.4. The highest BCUT2D eigenvalue weighted by Crippen LogP contribution is 2.42. The Bertz CT molecular complexity index is 1280. The number of hydrogen-bond acceptors (Lipinski definition) is 5. The molecule has 2 aliphatic rings. The molecule has 2 atom stereocenters. The third-order valence-corrected chi connectivity index (χ3v) is 6.86. The van der Waals surface area contributed by atoms with Gasteiger partial charge in [0, 0.05) is 10.0 Å². The number of fused-ring (bicyclic) bond motifs is 2. The Morgan fingerprint density at radius 1 is 0.459 bits per heavy atom. The van der Waals surface area contributed by atoms with E-state index in [1.165, 1.54) is 0 Å². The minimum absolute atomic E-state index is 0.429. The summed E-state index contributed by atoms with van der Waals surface area (Å²) >= 11 is 12.4. The molecule has 0 aliphatic carbocycles. The summed E-state index contributed by atoms with van der Waals surface area (Å²) in [5.74, 6) is 2.86. The van der Waals surface area contributed by atoms with Crippen molar-refractivity contribution in [3.63, 3.8) is 0 Å². The van der Waals surface area contributed by atoms with E-state index in [2.05, 4.69) is 0 Å². The maximum absolute atomic E-state index is 6.98. The monoisotopic (exact) mass is 534 g/mol. The fourth-order valence-corrected chi connectivity index (χ4v) is 4.81. The predicted octanol–water partition coefficient (Wildman–Crippen LogP) is 7.43. The molecule has 188 valence electrons. The molecule has 7 heteroatoms. The van der Waals surface area contributed by atoms with Crippen LogP contribution in [0.25, 0.3) is 0 Å². The third kappa shape index (κ3) is 5.21. The van der Waals surface area contributed by atoms with E-state index in [9.17, 15) is 0 Å². The summed E-state index contributed by atoms with van der Waals surface area (Å²) in [6.45, 7) is 2.08. The lowest BCUT2D eigenvalue weighted by atomic mass is 9.97. The molecule has 0 unspecified atom stereocenters. The van der Waals surface area contributed by atoms with Crippen molar-refractivity contribution >= 4 is 23.2 Å². The molecule has 0 N–H and O–H groups in total. The van der Waals surface area contributed by atoms with E-state index in [4.69, 9.17) is 46.9 Å². The quantitative estimate of drug-likeness (QED) is 0.257. The number of rotatable bonds is 6. The molecule has 6 rings (SSSR count). The van der Waals surface area contributed by atoms with Crippen molar-refractivity contribution in [2.45, 2.75) is 12.2 Å². The van der Waals surface area contributed by atoms with Gasteiger partial charge >= 0.3 is 0 Å². The molecule has 37 heavy (non-hydrogen) atoms. The molecule has 0 saturated carbocycles. The highest BCUT2D eigenvalue weighted by atomic mass is 35.5. The molecule has 0 fully saturated rings. The topological polar surface area (TPSA) is 46.2 Å². The number of ether oxygens (including phenoxy) is 5. The zero-order chi connectivity index (χ0) is 25.2. The van der Waals surface area contributed by atoms with Crippen molar-refractivity contribution < 1.29 is 23.7 Å². The van der Waals surface area contributed by atoms with Gasteiger partial charge in [-0.2, -0.15) is 0 Å². The van der Waals surface area contributed by atoms with Crippen LogP contribution in [0.15, 0.2) is 84.9 Å². The maximum Gasteiger partial charge on any atom is 0.161 e. The van der Waals surface area contributed by atoms with E-state index in [-0.39, 0.29) is 0 Å². The molecular weight excluding hydrogens is 511 g/mol. The van der Waals surface area contributed by atoms with Crippen LogP contribution in [0.4, 0.5) is 0 Å². The van der Waals surface area contributed by atoms with Crippen LogP contribution in [-0.4, -0.2) is 26.4 Å². The lowest BCUT2D eigenvalue weighted by Gasteiger charge is -2.29. The van der Waals surface area contributed by atoms with Gasteiger partial charge in [-0.1, -0.05) is 59.6 Å². The van der Waals surface area contributed by atoms with Crippen LogP contribution >= 0.6 is 23.2 Å². The highest BCUT2D eigenvalue weighted by Gasteiger charge is 2.26. The Morgan fingerprint density at radius 3 is 1.22 bits per heavy atom. The molecule has 0 radical (unpaired) electrons. The Labute approximate surface area is 225 Å². The van der Waals surface area contributed by atoms with Gasteiger partial charge in [-0.3, -0.25) is 0 Å². The van der Waals surface area contributed by atoms with Gasteiger partial charge in [0.1, 0.15) is 38.6 Å². The molecule has 5 nitrogen and oxygen atoms in total. The summed E-state index contributed by atoms with van der Waals surface area (Å²) in [6.07, 6.45) is -0.857. The minimum Gasteiger partial charge on any atom is -0.486 e. The van der Waals surface area contributed by atoms with Crippen LogP contribution in [0, 0.1) is 0 Å². The molecule has 0 spiro atoms. The zero-order valence-electron chi connectivity index (χ0n) is 19.9. The molecule has 4 aromatic rings. The average molecular weight is 535 g/mol. The van der Waals surface area contributed by atoms with Crippen LogP contribution in [-0.2, 0) is 4.74 Å².